The number of hydrogen-bond donors (Lipinski definition) is 0. The van der Waals surface area contributed by atoms with Crippen LogP contribution in [0, 0.1) is 22.7 Å². The highest BCUT2D eigenvalue weighted by Crippen LogP contribution is 2.57. The molecule has 0 heterocycles. The summed E-state index contributed by atoms with van der Waals surface area (Å²) in [6.45, 7) is 9.62. The molecular formula is C21H30O2. The first kappa shape index (κ1) is 16.7. The van der Waals surface area contributed by atoms with E-state index >= 15 is 0 Å². The Kier molecular flexibility index (Phi) is 4.39. The average Bonchev–Trinajstić information content (AvgIpc) is 2.52. The van der Waals surface area contributed by atoms with E-state index in [0.29, 0.717) is 18.3 Å². The van der Waals surface area contributed by atoms with Gasteiger partial charge in [-0.3, -0.25) is 4.79 Å². The molecule has 126 valence electrons. The molecule has 2 fully saturated rings. The lowest BCUT2D eigenvalue weighted by atomic mass is 9.49. The molecule has 3 rings (SSSR count). The van der Waals surface area contributed by atoms with Gasteiger partial charge in [-0.25, -0.2) is 0 Å². The molecular weight excluding hydrogens is 284 g/mol. The molecule has 2 aliphatic rings. The van der Waals surface area contributed by atoms with Gasteiger partial charge in [-0.15, -0.1) is 0 Å². The lowest BCUT2D eigenvalue weighted by Gasteiger charge is -2.56. The van der Waals surface area contributed by atoms with Gasteiger partial charge in [-0.05, 0) is 42.6 Å². The zero-order valence-corrected chi connectivity index (χ0v) is 15.0. The monoisotopic (exact) mass is 314 g/mol. The maximum absolute atomic E-state index is 12.8. The van der Waals surface area contributed by atoms with E-state index in [0.717, 1.165) is 25.7 Å². The van der Waals surface area contributed by atoms with Crippen LogP contribution < -0.4 is 0 Å². The van der Waals surface area contributed by atoms with Crippen molar-refractivity contribution in [1.29, 1.82) is 0 Å². The van der Waals surface area contributed by atoms with Gasteiger partial charge in [-0.2, -0.15) is 0 Å². The molecule has 1 aromatic rings. The van der Waals surface area contributed by atoms with Crippen LogP contribution in [0.4, 0.5) is 0 Å². The predicted molar refractivity (Wildman–Crippen MR) is 93.0 cm³/mol. The van der Waals surface area contributed by atoms with Crippen LogP contribution in [0.5, 0.6) is 0 Å². The van der Waals surface area contributed by atoms with Crippen LogP contribution in [0.1, 0.15) is 58.9 Å². The van der Waals surface area contributed by atoms with E-state index in [1.807, 2.05) is 6.07 Å². The first-order valence-corrected chi connectivity index (χ1v) is 9.05. The lowest BCUT2D eigenvalue weighted by molar-refractivity contribution is -0.168. The van der Waals surface area contributed by atoms with Crippen molar-refractivity contribution in [3.8, 4) is 0 Å². The molecule has 0 N–H and O–H groups in total. The summed E-state index contributed by atoms with van der Waals surface area (Å²) in [5, 5.41) is 0. The van der Waals surface area contributed by atoms with Crippen molar-refractivity contribution < 1.29 is 9.53 Å². The average molecular weight is 314 g/mol. The van der Waals surface area contributed by atoms with Gasteiger partial charge in [0.2, 0.25) is 0 Å². The second-order valence-electron chi connectivity index (χ2n) is 8.46. The number of ketones is 1. The van der Waals surface area contributed by atoms with Gasteiger partial charge in [0.1, 0.15) is 5.78 Å². The fraction of sp³-hybridized carbons (Fsp3) is 0.667. The molecule has 0 bridgehead atoms. The molecule has 0 amide bonds. The zero-order chi connectivity index (χ0) is 16.7. The normalized spacial score (nSPS) is 36.5. The number of Topliss-reactive ketones (excluding diaryl/α,β-unsaturated/α-hetero) is 1. The van der Waals surface area contributed by atoms with E-state index in [-0.39, 0.29) is 22.9 Å². The molecule has 2 aliphatic carbocycles. The predicted octanol–water partition coefficient (Wildman–Crippen LogP) is 5.01. The summed E-state index contributed by atoms with van der Waals surface area (Å²) in [4.78, 5) is 12.8. The van der Waals surface area contributed by atoms with Gasteiger partial charge in [0.15, 0.2) is 0 Å². The molecule has 2 heteroatoms. The van der Waals surface area contributed by atoms with E-state index in [2.05, 4.69) is 52.0 Å². The van der Waals surface area contributed by atoms with Crippen molar-refractivity contribution in [2.24, 2.45) is 22.7 Å². The number of hydrogen-bond acceptors (Lipinski definition) is 2. The summed E-state index contributed by atoms with van der Waals surface area (Å²) in [6.07, 6.45) is 4.40. The highest BCUT2D eigenvalue weighted by Gasteiger charge is 2.57. The molecule has 2 saturated carbocycles. The third-order valence-electron chi connectivity index (χ3n) is 6.62. The summed E-state index contributed by atoms with van der Waals surface area (Å²) in [6, 6.07) is 10.4. The van der Waals surface area contributed by atoms with Crippen molar-refractivity contribution in [3.05, 3.63) is 35.9 Å². The number of carbonyl (C=O) groups excluding carboxylic acids is 1. The molecule has 2 nitrogen and oxygen atoms in total. The van der Waals surface area contributed by atoms with Crippen LogP contribution >= 0.6 is 0 Å². The van der Waals surface area contributed by atoms with Crippen LogP contribution in [0.2, 0.25) is 0 Å². The van der Waals surface area contributed by atoms with Gasteiger partial charge >= 0.3 is 0 Å². The summed E-state index contributed by atoms with van der Waals surface area (Å²) >= 11 is 0. The second-order valence-corrected chi connectivity index (χ2v) is 8.46. The van der Waals surface area contributed by atoms with Gasteiger partial charge < -0.3 is 4.74 Å². The topological polar surface area (TPSA) is 26.3 Å². The van der Waals surface area contributed by atoms with E-state index < -0.39 is 0 Å². The Hall–Kier alpha value is -1.15. The standard InChI is InChI=1S/C21H30O2/c1-15-10-11-17-20(2,3)18(12-13-21(17,4)19(15)22)23-14-16-8-6-5-7-9-16/h5-9,15,17-18H,10-14H2,1-4H3/t15?,17-,18-,21-/m0/s1. The molecule has 0 aromatic heterocycles. The molecule has 0 aliphatic heterocycles. The third kappa shape index (κ3) is 2.87. The highest BCUT2D eigenvalue weighted by molar-refractivity contribution is 5.87. The van der Waals surface area contributed by atoms with E-state index in [1.165, 1.54) is 5.56 Å². The summed E-state index contributed by atoms with van der Waals surface area (Å²) in [7, 11) is 0. The second kappa shape index (κ2) is 6.05. The van der Waals surface area contributed by atoms with Crippen LogP contribution in [-0.4, -0.2) is 11.9 Å². The van der Waals surface area contributed by atoms with E-state index in [9.17, 15) is 4.79 Å². The Bertz CT molecular complexity index is 562. The Morgan fingerprint density at radius 1 is 1.09 bits per heavy atom. The van der Waals surface area contributed by atoms with Crippen molar-refractivity contribution in [3.63, 3.8) is 0 Å². The first-order valence-electron chi connectivity index (χ1n) is 9.05. The maximum atomic E-state index is 12.8. The Labute approximate surface area is 140 Å². The van der Waals surface area contributed by atoms with Crippen LogP contribution in [-0.2, 0) is 16.1 Å². The van der Waals surface area contributed by atoms with Crippen molar-refractivity contribution >= 4 is 5.78 Å². The molecule has 4 atom stereocenters. The van der Waals surface area contributed by atoms with Gasteiger partial charge in [-0.1, -0.05) is 58.0 Å². The van der Waals surface area contributed by atoms with Crippen LogP contribution in [0.15, 0.2) is 30.3 Å². The van der Waals surface area contributed by atoms with Crippen LogP contribution in [0.25, 0.3) is 0 Å². The number of benzene rings is 1. The van der Waals surface area contributed by atoms with Crippen molar-refractivity contribution in [2.75, 3.05) is 0 Å². The zero-order valence-electron chi connectivity index (χ0n) is 15.0. The Balaban J connectivity index is 1.75. The number of ether oxygens (including phenoxy) is 1. The number of fused-ring (bicyclic) bond motifs is 1. The number of carbonyl (C=O) groups is 1. The molecule has 1 unspecified atom stereocenters. The van der Waals surface area contributed by atoms with Crippen molar-refractivity contribution in [2.45, 2.75) is 66.1 Å². The quantitative estimate of drug-likeness (QED) is 0.783. The maximum Gasteiger partial charge on any atom is 0.141 e. The minimum absolute atomic E-state index is 0.0532. The first-order chi connectivity index (χ1) is 10.9. The fourth-order valence-electron chi connectivity index (χ4n) is 5.19. The molecule has 0 saturated heterocycles. The van der Waals surface area contributed by atoms with E-state index in [1.54, 1.807) is 0 Å². The van der Waals surface area contributed by atoms with E-state index in [4.69, 9.17) is 4.74 Å². The third-order valence-corrected chi connectivity index (χ3v) is 6.62. The minimum atomic E-state index is -0.145. The summed E-state index contributed by atoms with van der Waals surface area (Å²) < 4.78 is 6.33. The van der Waals surface area contributed by atoms with Gasteiger partial charge in [0, 0.05) is 11.3 Å². The van der Waals surface area contributed by atoms with Crippen molar-refractivity contribution in [1.82, 2.24) is 0 Å². The largest absolute Gasteiger partial charge is 0.373 e. The Morgan fingerprint density at radius 3 is 2.48 bits per heavy atom. The summed E-state index contributed by atoms with van der Waals surface area (Å²) in [5.41, 5.74) is 1.13. The molecule has 0 spiro atoms. The molecule has 0 radical (unpaired) electrons. The summed E-state index contributed by atoms with van der Waals surface area (Å²) in [5.74, 6) is 1.16. The lowest BCUT2D eigenvalue weighted by Crippen LogP contribution is -2.56. The minimum Gasteiger partial charge on any atom is -0.373 e. The SMILES string of the molecule is CC1CC[C@H]2C(C)(C)[C@@H](OCc3ccccc3)CC[C@]2(C)C1=O. The number of rotatable bonds is 3. The Morgan fingerprint density at radius 2 is 1.78 bits per heavy atom. The van der Waals surface area contributed by atoms with Gasteiger partial charge in [0.05, 0.1) is 12.7 Å². The van der Waals surface area contributed by atoms with Gasteiger partial charge in [0.25, 0.3) is 0 Å². The fourth-order valence-corrected chi connectivity index (χ4v) is 5.19. The molecule has 23 heavy (non-hydrogen) atoms. The smallest absolute Gasteiger partial charge is 0.141 e. The van der Waals surface area contributed by atoms with Crippen LogP contribution in [0.3, 0.4) is 0 Å². The molecule has 1 aromatic carbocycles. The highest BCUT2D eigenvalue weighted by atomic mass is 16.5.